The molecule has 0 saturated carbocycles. The van der Waals surface area contributed by atoms with Gasteiger partial charge in [0, 0.05) is 27.4 Å². The number of hydrogen-bond donors (Lipinski definition) is 2. The van der Waals surface area contributed by atoms with Crippen molar-refractivity contribution in [3.63, 3.8) is 0 Å². The fourth-order valence-corrected chi connectivity index (χ4v) is 8.16. The van der Waals surface area contributed by atoms with Crippen molar-refractivity contribution in [2.24, 2.45) is 0 Å². The van der Waals surface area contributed by atoms with E-state index in [0.717, 1.165) is 62.8 Å². The molecule has 4 aromatic carbocycles. The number of carbonyl (C=O) groups is 3. The number of thiophene rings is 1. The van der Waals surface area contributed by atoms with E-state index in [9.17, 15) is 14.4 Å². The van der Waals surface area contributed by atoms with Crippen LogP contribution in [0.2, 0.25) is 0 Å². The lowest BCUT2D eigenvalue weighted by atomic mass is 9.97. The van der Waals surface area contributed by atoms with Crippen LogP contribution in [-0.2, 0) is 38.6 Å². The molecule has 10 nitrogen and oxygen atoms in total. The zero-order valence-electron chi connectivity index (χ0n) is 34.6. The fraction of sp³-hybridized carbons (Fsp3) is 0.383. The Morgan fingerprint density at radius 2 is 1.52 bits per heavy atom. The van der Waals surface area contributed by atoms with Gasteiger partial charge in [0.1, 0.15) is 35.3 Å². The maximum absolute atomic E-state index is 13.3. The van der Waals surface area contributed by atoms with Gasteiger partial charge >= 0.3 is 12.1 Å². The fourth-order valence-electron chi connectivity index (χ4n) is 6.90. The lowest BCUT2D eigenvalue weighted by molar-refractivity contribution is -0.158. The molecule has 1 aliphatic heterocycles. The zero-order chi connectivity index (χ0) is 41.5. The molecule has 1 atom stereocenters. The second-order valence-corrected chi connectivity index (χ2v) is 17.8. The molecule has 0 spiro atoms. The monoisotopic (exact) mass is 805 g/mol. The zero-order valence-corrected chi connectivity index (χ0v) is 35.4. The van der Waals surface area contributed by atoms with Crippen molar-refractivity contribution in [1.29, 1.82) is 0 Å². The third-order valence-corrected chi connectivity index (χ3v) is 10.8. The Balaban J connectivity index is 1.24. The van der Waals surface area contributed by atoms with Crippen LogP contribution in [0.5, 0.6) is 11.5 Å². The van der Waals surface area contributed by atoms with Gasteiger partial charge in [0.15, 0.2) is 0 Å². The van der Waals surface area contributed by atoms with Crippen LogP contribution in [-0.4, -0.2) is 60.3 Å². The Labute approximate surface area is 345 Å². The number of esters is 1. The Morgan fingerprint density at radius 3 is 2.19 bits per heavy atom. The molecule has 0 unspecified atom stereocenters. The van der Waals surface area contributed by atoms with Crippen molar-refractivity contribution >= 4 is 45.1 Å². The van der Waals surface area contributed by atoms with Crippen LogP contribution < -0.4 is 20.1 Å². The van der Waals surface area contributed by atoms with Gasteiger partial charge in [-0.25, -0.2) is 9.59 Å². The van der Waals surface area contributed by atoms with E-state index in [2.05, 4.69) is 58.0 Å². The number of benzene rings is 4. The number of ether oxygens (including phenoxy) is 4. The highest BCUT2D eigenvalue weighted by molar-refractivity contribution is 7.22. The first kappa shape index (κ1) is 42.2. The van der Waals surface area contributed by atoms with E-state index in [1.807, 2.05) is 48.5 Å². The molecule has 1 fully saturated rings. The molecule has 1 saturated heterocycles. The predicted molar refractivity (Wildman–Crippen MR) is 231 cm³/mol. The smallest absolute Gasteiger partial charge is 0.408 e. The molecule has 1 aliphatic rings. The van der Waals surface area contributed by atoms with Crippen LogP contribution in [0.3, 0.4) is 0 Å². The highest BCUT2D eigenvalue weighted by atomic mass is 32.1. The summed E-state index contributed by atoms with van der Waals surface area (Å²) >= 11 is 1.70. The summed E-state index contributed by atoms with van der Waals surface area (Å²) < 4.78 is 24.1. The van der Waals surface area contributed by atoms with Crippen LogP contribution in [0.4, 0.5) is 10.5 Å². The molecule has 11 heteroatoms. The van der Waals surface area contributed by atoms with Gasteiger partial charge in [0.25, 0.3) is 0 Å². The number of anilines is 1. The van der Waals surface area contributed by atoms with Gasteiger partial charge in [-0.05, 0) is 138 Å². The maximum atomic E-state index is 13.3. The number of hydrogen-bond acceptors (Lipinski definition) is 9. The number of carbonyl (C=O) groups excluding carboxylic acids is 3. The van der Waals surface area contributed by atoms with Gasteiger partial charge in [-0.3, -0.25) is 9.69 Å². The summed E-state index contributed by atoms with van der Waals surface area (Å²) in [5, 5.41) is 6.54. The highest BCUT2D eigenvalue weighted by Gasteiger charge is 2.31. The standard InChI is InChI=1S/C47H55N3O7S/c1-46(2,3)56-44(52)39(49-45(53)57-47(4,5)6)28-42(51)48-35-19-17-33(18-20-35)43-38(25-32-15-16-34(40(26-32)54-7)29-50-23-11-12-24-50)37-22-21-36(27-41(37)58-43)55-30-31-13-9-8-10-14-31/h8-10,13-22,26-27,39H,11-12,23-25,28-30H2,1-7H3,(H,48,51)(H,49,53)/t39-/m0/s1. The lowest BCUT2D eigenvalue weighted by Crippen LogP contribution is -2.47. The van der Waals surface area contributed by atoms with E-state index in [-0.39, 0.29) is 6.42 Å². The number of nitrogens with one attached hydrogen (secondary N) is 2. The van der Waals surface area contributed by atoms with Gasteiger partial charge in [0.2, 0.25) is 5.91 Å². The minimum Gasteiger partial charge on any atom is -0.496 e. The van der Waals surface area contributed by atoms with Gasteiger partial charge in [-0.1, -0.05) is 54.6 Å². The molecular weight excluding hydrogens is 751 g/mol. The molecule has 0 bridgehead atoms. The molecule has 58 heavy (non-hydrogen) atoms. The molecule has 1 aromatic heterocycles. The minimum atomic E-state index is -1.25. The Kier molecular flexibility index (Phi) is 13.4. The summed E-state index contributed by atoms with van der Waals surface area (Å²) in [5.74, 6) is 0.505. The molecule has 2 amide bonds. The number of rotatable bonds is 14. The van der Waals surface area contributed by atoms with Gasteiger partial charge in [0.05, 0.1) is 13.5 Å². The highest BCUT2D eigenvalue weighted by Crippen LogP contribution is 2.42. The molecule has 306 valence electrons. The third-order valence-electron chi connectivity index (χ3n) is 9.54. The van der Waals surface area contributed by atoms with Crippen molar-refractivity contribution in [3.8, 4) is 21.9 Å². The summed E-state index contributed by atoms with van der Waals surface area (Å²) in [7, 11) is 1.74. The SMILES string of the molecule is COc1cc(Cc2c(-c3ccc(NC(=O)C[C@H](NC(=O)OC(C)(C)C)C(=O)OC(C)(C)C)cc3)sc3cc(OCc4ccccc4)ccc23)ccc1CN1CCCC1. The molecule has 0 aliphatic carbocycles. The van der Waals surface area contributed by atoms with Crippen LogP contribution in [0, 0.1) is 0 Å². The predicted octanol–water partition coefficient (Wildman–Crippen LogP) is 9.91. The van der Waals surface area contributed by atoms with Crippen LogP contribution in [0.1, 0.15) is 83.1 Å². The number of methoxy groups -OCH3 is 1. The Bertz CT molecular complexity index is 2200. The second-order valence-electron chi connectivity index (χ2n) is 16.7. The van der Waals surface area contributed by atoms with E-state index in [0.29, 0.717) is 18.7 Å². The number of amides is 2. The lowest BCUT2D eigenvalue weighted by Gasteiger charge is -2.26. The minimum absolute atomic E-state index is 0.342. The summed E-state index contributed by atoms with van der Waals surface area (Å²) in [4.78, 5) is 42.5. The second kappa shape index (κ2) is 18.5. The molecule has 6 rings (SSSR count). The van der Waals surface area contributed by atoms with E-state index >= 15 is 0 Å². The van der Waals surface area contributed by atoms with Gasteiger partial charge in [-0.2, -0.15) is 0 Å². The Hall–Kier alpha value is -5.39. The van der Waals surface area contributed by atoms with Gasteiger partial charge in [-0.15, -0.1) is 11.3 Å². The molecule has 0 radical (unpaired) electrons. The summed E-state index contributed by atoms with van der Waals surface area (Å²) in [6.07, 6.45) is 2.01. The number of alkyl carbamates (subject to hydrolysis) is 1. The largest absolute Gasteiger partial charge is 0.496 e. The van der Waals surface area contributed by atoms with Crippen LogP contribution in [0.15, 0.2) is 91.0 Å². The van der Waals surface area contributed by atoms with Crippen LogP contribution in [0.25, 0.3) is 20.5 Å². The molecule has 2 heterocycles. The van der Waals surface area contributed by atoms with Crippen LogP contribution >= 0.6 is 11.3 Å². The van der Waals surface area contributed by atoms with Crippen molar-refractivity contribution in [2.75, 3.05) is 25.5 Å². The normalized spacial score (nSPS) is 13.8. The third kappa shape index (κ3) is 11.8. The summed E-state index contributed by atoms with van der Waals surface area (Å²) in [6, 6.07) is 29.4. The average molecular weight is 806 g/mol. The van der Waals surface area contributed by atoms with Crippen molar-refractivity contribution in [1.82, 2.24) is 10.2 Å². The first-order valence-electron chi connectivity index (χ1n) is 19.9. The maximum Gasteiger partial charge on any atom is 0.408 e. The Morgan fingerprint density at radius 1 is 0.810 bits per heavy atom. The van der Waals surface area contributed by atoms with Crippen molar-refractivity contribution < 1.29 is 33.3 Å². The van der Waals surface area contributed by atoms with E-state index in [1.54, 1.807) is 60.0 Å². The molecule has 5 aromatic rings. The molecular formula is C47H55N3O7S. The number of likely N-dealkylation sites (tertiary alicyclic amines) is 1. The van der Waals surface area contributed by atoms with Crippen molar-refractivity contribution in [3.05, 3.63) is 113 Å². The van der Waals surface area contributed by atoms with Gasteiger partial charge < -0.3 is 29.6 Å². The van der Waals surface area contributed by atoms with Crippen molar-refractivity contribution in [2.45, 2.75) is 97.6 Å². The topological polar surface area (TPSA) is 115 Å². The number of fused-ring (bicyclic) bond motifs is 1. The summed E-state index contributed by atoms with van der Waals surface area (Å²) in [6.45, 7) is 13.9. The molecule has 2 N–H and O–H groups in total. The quantitative estimate of drug-likeness (QED) is 0.107. The first-order valence-corrected chi connectivity index (χ1v) is 20.7. The average Bonchev–Trinajstić information content (AvgIpc) is 3.81. The van der Waals surface area contributed by atoms with E-state index in [4.69, 9.17) is 18.9 Å². The first-order chi connectivity index (χ1) is 27.6. The van der Waals surface area contributed by atoms with E-state index in [1.165, 1.54) is 24.0 Å². The number of nitrogens with zero attached hydrogens (tertiary/aromatic N) is 1. The summed E-state index contributed by atoms with van der Waals surface area (Å²) in [5.41, 5.74) is 4.57. The van der Waals surface area contributed by atoms with E-state index < -0.39 is 35.2 Å².